The van der Waals surface area contributed by atoms with E-state index in [1.165, 1.54) is 47.5 Å². The van der Waals surface area contributed by atoms with Crippen molar-refractivity contribution in [3.05, 3.63) is 231 Å². The molecular formula is C62H38N2O2S. The van der Waals surface area contributed by atoms with Gasteiger partial charge in [-0.15, -0.1) is 11.3 Å². The van der Waals surface area contributed by atoms with Gasteiger partial charge in [0, 0.05) is 59.0 Å². The molecule has 0 N–H and O–H groups in total. The number of fused-ring (bicyclic) bond motifs is 10. The summed E-state index contributed by atoms with van der Waals surface area (Å²) in [4.78, 5) is 4.72. The number of anilines is 6. The molecule has 0 fully saturated rings. The van der Waals surface area contributed by atoms with Crippen molar-refractivity contribution in [1.29, 1.82) is 0 Å². The number of para-hydroxylation sites is 3. The molecule has 1 aliphatic rings. The Bertz CT molecular complexity index is 4110. The molecule has 0 spiro atoms. The Kier molecular flexibility index (Phi) is 8.42. The maximum Gasteiger partial charge on any atom is 0.153 e. The van der Waals surface area contributed by atoms with E-state index < -0.39 is 0 Å². The molecule has 0 saturated heterocycles. The minimum atomic E-state index is 0.758. The summed E-state index contributed by atoms with van der Waals surface area (Å²) in [6.45, 7) is 0. The fourth-order valence-electron chi connectivity index (χ4n) is 10.4. The van der Waals surface area contributed by atoms with Gasteiger partial charge in [0.2, 0.25) is 0 Å². The van der Waals surface area contributed by atoms with Crippen LogP contribution in [0, 0.1) is 0 Å². The largest absolute Gasteiger partial charge is 0.455 e. The van der Waals surface area contributed by atoms with Crippen LogP contribution in [-0.2, 0) is 0 Å². The number of ether oxygens (including phenoxy) is 1. The van der Waals surface area contributed by atoms with Crippen LogP contribution in [0.3, 0.4) is 0 Å². The molecule has 14 rings (SSSR count). The standard InChI is InChI=1S/C62H38N2O2S/c1-2-16-42(17-3-1)63(53-25-12-15-39-14-4-5-18-45(39)53)43-30-33-56-59(38-43)65-58-37-41(46-23-13-24-51-49-21-8-10-26-57(49)66-62(46)51)28-32-55(58)64(56)54-34-31-44(47-19-6-7-20-48(47)54)40-29-35-61-52(36-40)50-22-9-11-27-60(50)67-61/h1-38H. The van der Waals surface area contributed by atoms with Crippen molar-refractivity contribution in [1.82, 2.24) is 0 Å². The Morgan fingerprint density at radius 3 is 1.91 bits per heavy atom. The lowest BCUT2D eigenvalue weighted by molar-refractivity contribution is 0.477. The van der Waals surface area contributed by atoms with Gasteiger partial charge in [-0.3, -0.25) is 0 Å². The third kappa shape index (κ3) is 5.99. The molecule has 11 aromatic carbocycles. The van der Waals surface area contributed by atoms with Gasteiger partial charge in [0.1, 0.15) is 11.2 Å². The smallest absolute Gasteiger partial charge is 0.153 e. The van der Waals surface area contributed by atoms with Gasteiger partial charge in [0.05, 0.1) is 28.4 Å². The molecule has 3 heterocycles. The number of benzene rings is 11. The van der Waals surface area contributed by atoms with Crippen LogP contribution in [0.25, 0.3) is 85.9 Å². The van der Waals surface area contributed by atoms with E-state index in [9.17, 15) is 0 Å². The maximum absolute atomic E-state index is 7.19. The van der Waals surface area contributed by atoms with Gasteiger partial charge in [-0.25, -0.2) is 0 Å². The normalized spacial score (nSPS) is 12.3. The van der Waals surface area contributed by atoms with Crippen molar-refractivity contribution in [2.24, 2.45) is 0 Å². The highest BCUT2D eigenvalue weighted by Gasteiger charge is 2.30. The fraction of sp³-hybridized carbons (Fsp3) is 0. The first-order chi connectivity index (χ1) is 33.2. The van der Waals surface area contributed by atoms with Crippen LogP contribution < -0.4 is 14.5 Å². The van der Waals surface area contributed by atoms with E-state index >= 15 is 0 Å². The minimum Gasteiger partial charge on any atom is -0.455 e. The summed E-state index contributed by atoms with van der Waals surface area (Å²) in [5.41, 5.74) is 12.3. The highest BCUT2D eigenvalue weighted by atomic mass is 32.1. The average Bonchev–Trinajstić information content (AvgIpc) is 3.96. The Morgan fingerprint density at radius 2 is 1.01 bits per heavy atom. The van der Waals surface area contributed by atoms with E-state index in [4.69, 9.17) is 9.15 Å². The molecule has 2 aromatic heterocycles. The van der Waals surface area contributed by atoms with Gasteiger partial charge in [-0.1, -0.05) is 152 Å². The lowest BCUT2D eigenvalue weighted by atomic mass is 9.95. The molecule has 0 radical (unpaired) electrons. The average molecular weight is 875 g/mol. The number of hydrogen-bond acceptors (Lipinski definition) is 5. The first-order valence-corrected chi connectivity index (χ1v) is 23.5. The van der Waals surface area contributed by atoms with Crippen molar-refractivity contribution in [2.75, 3.05) is 9.80 Å². The molecule has 67 heavy (non-hydrogen) atoms. The summed E-state index contributed by atoms with van der Waals surface area (Å²) >= 11 is 1.85. The topological polar surface area (TPSA) is 28.9 Å². The first kappa shape index (κ1) is 37.7. The fourth-order valence-corrected chi connectivity index (χ4v) is 11.5. The van der Waals surface area contributed by atoms with E-state index in [0.29, 0.717) is 0 Å². The van der Waals surface area contributed by atoms with Crippen LogP contribution in [-0.4, -0.2) is 0 Å². The van der Waals surface area contributed by atoms with Crippen LogP contribution in [0.4, 0.5) is 34.1 Å². The number of rotatable bonds is 6. The zero-order valence-electron chi connectivity index (χ0n) is 36.1. The Morgan fingerprint density at radius 1 is 0.373 bits per heavy atom. The Hall–Kier alpha value is -8.64. The Labute approximate surface area is 390 Å². The van der Waals surface area contributed by atoms with Gasteiger partial charge in [-0.2, -0.15) is 0 Å². The molecule has 314 valence electrons. The molecule has 4 nitrogen and oxygen atoms in total. The molecule has 0 unspecified atom stereocenters. The van der Waals surface area contributed by atoms with Crippen molar-refractivity contribution in [2.45, 2.75) is 0 Å². The van der Waals surface area contributed by atoms with Gasteiger partial charge >= 0.3 is 0 Å². The van der Waals surface area contributed by atoms with E-state index in [2.05, 4.69) is 228 Å². The molecule has 0 bridgehead atoms. The molecule has 5 heteroatoms. The number of thiophene rings is 1. The van der Waals surface area contributed by atoms with Gasteiger partial charge in [0.15, 0.2) is 11.5 Å². The number of hydrogen-bond donors (Lipinski definition) is 0. The van der Waals surface area contributed by atoms with Crippen LogP contribution in [0.5, 0.6) is 11.5 Å². The lowest BCUT2D eigenvalue weighted by Gasteiger charge is -2.35. The summed E-state index contributed by atoms with van der Waals surface area (Å²) in [7, 11) is 0. The van der Waals surface area contributed by atoms with Crippen LogP contribution in [0.15, 0.2) is 235 Å². The van der Waals surface area contributed by atoms with Crippen LogP contribution >= 0.6 is 11.3 Å². The van der Waals surface area contributed by atoms with Crippen LogP contribution in [0.2, 0.25) is 0 Å². The second kappa shape index (κ2) is 15.0. The van der Waals surface area contributed by atoms with Gasteiger partial charge < -0.3 is 19.0 Å². The predicted molar refractivity (Wildman–Crippen MR) is 282 cm³/mol. The second-order valence-corrected chi connectivity index (χ2v) is 18.3. The van der Waals surface area contributed by atoms with E-state index in [0.717, 1.165) is 84.1 Å². The summed E-state index contributed by atoms with van der Waals surface area (Å²) in [5, 5.41) is 9.47. The number of furan rings is 1. The zero-order chi connectivity index (χ0) is 44.0. The second-order valence-electron chi connectivity index (χ2n) is 17.2. The maximum atomic E-state index is 7.19. The van der Waals surface area contributed by atoms with Gasteiger partial charge in [0.25, 0.3) is 0 Å². The molecule has 1 aliphatic heterocycles. The molecule has 0 amide bonds. The molecular weight excluding hydrogens is 837 g/mol. The summed E-state index contributed by atoms with van der Waals surface area (Å²) in [6, 6.07) is 82.6. The summed E-state index contributed by atoms with van der Waals surface area (Å²) < 4.78 is 16.4. The SMILES string of the molecule is c1ccc(N(c2ccc3c(c2)Oc2cc(-c4cccc5c4oc4ccccc45)ccc2N3c2ccc(-c3ccc4sc5ccccc5c4c3)c3ccccc23)c2cccc3ccccc23)cc1. The third-order valence-electron chi connectivity index (χ3n) is 13.4. The molecule has 0 saturated carbocycles. The van der Waals surface area contributed by atoms with Crippen molar-refractivity contribution < 1.29 is 9.15 Å². The van der Waals surface area contributed by atoms with Crippen molar-refractivity contribution in [3.63, 3.8) is 0 Å². The van der Waals surface area contributed by atoms with Gasteiger partial charge in [-0.05, 0) is 100 Å². The molecule has 0 aliphatic carbocycles. The van der Waals surface area contributed by atoms with Crippen molar-refractivity contribution in [3.8, 4) is 33.8 Å². The van der Waals surface area contributed by atoms with E-state index in [1.54, 1.807) is 0 Å². The highest BCUT2D eigenvalue weighted by molar-refractivity contribution is 7.25. The van der Waals surface area contributed by atoms with Crippen LogP contribution in [0.1, 0.15) is 0 Å². The zero-order valence-corrected chi connectivity index (χ0v) is 36.9. The first-order valence-electron chi connectivity index (χ1n) is 22.6. The molecule has 0 atom stereocenters. The predicted octanol–water partition coefficient (Wildman–Crippen LogP) is 18.6. The van der Waals surface area contributed by atoms with E-state index in [1.807, 2.05) is 23.5 Å². The monoisotopic (exact) mass is 874 g/mol. The minimum absolute atomic E-state index is 0.758. The van der Waals surface area contributed by atoms with Crippen molar-refractivity contribution >= 4 is 109 Å². The Balaban J connectivity index is 0.972. The molecule has 13 aromatic rings. The summed E-state index contributed by atoms with van der Waals surface area (Å²) in [6.07, 6.45) is 0. The lowest BCUT2D eigenvalue weighted by Crippen LogP contribution is -2.17. The third-order valence-corrected chi connectivity index (χ3v) is 14.6. The number of nitrogens with zero attached hydrogens (tertiary/aromatic N) is 2. The van der Waals surface area contributed by atoms with E-state index in [-0.39, 0.29) is 0 Å². The quantitative estimate of drug-likeness (QED) is 0.166. The highest BCUT2D eigenvalue weighted by Crippen LogP contribution is 2.55. The summed E-state index contributed by atoms with van der Waals surface area (Å²) in [5.74, 6) is 1.52.